The number of carbonyl (C=O) groups excluding carboxylic acids is 1. The van der Waals surface area contributed by atoms with Gasteiger partial charge >= 0.3 is 0 Å². The minimum Gasteiger partial charge on any atom is -0.296 e. The van der Waals surface area contributed by atoms with Crippen LogP contribution in [0.5, 0.6) is 0 Å². The van der Waals surface area contributed by atoms with Crippen LogP contribution in [-0.4, -0.2) is 23.4 Å². The number of unbranched alkanes of at least 4 members (excludes halogenated alkanes) is 2. The Morgan fingerprint density at radius 1 is 1.42 bits per heavy atom. The number of hydrogen-bond donors (Lipinski definition) is 2. The van der Waals surface area contributed by atoms with Crippen molar-refractivity contribution in [3.63, 3.8) is 0 Å². The first-order valence-electron chi connectivity index (χ1n) is 6.89. The van der Waals surface area contributed by atoms with Gasteiger partial charge in [-0.05, 0) is 44.7 Å². The van der Waals surface area contributed by atoms with Crippen LogP contribution in [-0.2, 0) is 11.3 Å². The molecular formula is C14H25N3OS. The van der Waals surface area contributed by atoms with Gasteiger partial charge < -0.3 is 0 Å². The summed E-state index contributed by atoms with van der Waals surface area (Å²) in [5, 5.41) is 2.12. The van der Waals surface area contributed by atoms with Gasteiger partial charge in [-0.25, -0.2) is 5.84 Å². The molecule has 0 spiro atoms. The summed E-state index contributed by atoms with van der Waals surface area (Å²) in [4.78, 5) is 14.9. The van der Waals surface area contributed by atoms with Crippen LogP contribution in [0.15, 0.2) is 17.5 Å². The Hall–Kier alpha value is -0.910. The number of thiophene rings is 1. The summed E-state index contributed by atoms with van der Waals surface area (Å²) in [5.74, 6) is 4.97. The summed E-state index contributed by atoms with van der Waals surface area (Å²) in [5.41, 5.74) is 2.16. The van der Waals surface area contributed by atoms with Gasteiger partial charge in [0.1, 0.15) is 0 Å². The monoisotopic (exact) mass is 283 g/mol. The SMILES string of the molecule is CC(C)N(CCCCCC(=O)NN)Cc1cccs1. The third-order valence-corrected chi connectivity index (χ3v) is 4.04. The number of nitrogens with two attached hydrogens (primary N) is 1. The van der Waals surface area contributed by atoms with Crippen molar-refractivity contribution in [3.05, 3.63) is 22.4 Å². The number of amides is 1. The molecule has 0 bridgehead atoms. The molecule has 0 saturated carbocycles. The predicted molar refractivity (Wildman–Crippen MR) is 80.7 cm³/mol. The van der Waals surface area contributed by atoms with E-state index in [4.69, 9.17) is 5.84 Å². The van der Waals surface area contributed by atoms with Crippen LogP contribution in [0.3, 0.4) is 0 Å². The molecule has 0 unspecified atom stereocenters. The normalized spacial score (nSPS) is 11.2. The van der Waals surface area contributed by atoms with Crippen LogP contribution >= 0.6 is 11.3 Å². The van der Waals surface area contributed by atoms with E-state index in [2.05, 4.69) is 41.7 Å². The van der Waals surface area contributed by atoms with Crippen molar-refractivity contribution in [1.29, 1.82) is 0 Å². The first-order chi connectivity index (χ1) is 9.13. The van der Waals surface area contributed by atoms with Crippen molar-refractivity contribution < 1.29 is 4.79 Å². The Kier molecular flexibility index (Phi) is 7.70. The van der Waals surface area contributed by atoms with Crippen LogP contribution in [0.1, 0.15) is 44.4 Å². The topological polar surface area (TPSA) is 58.4 Å². The second-order valence-electron chi connectivity index (χ2n) is 5.02. The molecule has 0 saturated heterocycles. The molecule has 1 aromatic rings. The average molecular weight is 283 g/mol. The van der Waals surface area contributed by atoms with E-state index in [1.165, 1.54) is 4.88 Å². The van der Waals surface area contributed by atoms with Gasteiger partial charge in [-0.2, -0.15) is 0 Å². The summed E-state index contributed by atoms with van der Waals surface area (Å²) in [6.07, 6.45) is 3.64. The molecule has 1 aromatic heterocycles. The number of nitrogens with one attached hydrogen (secondary N) is 1. The second kappa shape index (κ2) is 9.07. The van der Waals surface area contributed by atoms with Gasteiger partial charge in [0.05, 0.1) is 0 Å². The van der Waals surface area contributed by atoms with Crippen LogP contribution in [0.25, 0.3) is 0 Å². The standard InChI is InChI=1S/C14H25N3OS/c1-12(2)17(11-13-7-6-10-19-13)9-5-3-4-8-14(18)16-15/h6-7,10,12H,3-5,8-9,11,15H2,1-2H3,(H,16,18). The van der Waals surface area contributed by atoms with Crippen LogP contribution in [0.4, 0.5) is 0 Å². The largest absolute Gasteiger partial charge is 0.296 e. The van der Waals surface area contributed by atoms with E-state index in [0.29, 0.717) is 12.5 Å². The molecule has 0 fully saturated rings. The highest BCUT2D eigenvalue weighted by molar-refractivity contribution is 7.09. The molecule has 1 heterocycles. The molecule has 3 N–H and O–H groups in total. The minimum absolute atomic E-state index is 0.0701. The fourth-order valence-corrected chi connectivity index (χ4v) is 2.70. The lowest BCUT2D eigenvalue weighted by atomic mass is 10.1. The number of hydrogen-bond acceptors (Lipinski definition) is 4. The molecule has 0 radical (unpaired) electrons. The number of rotatable bonds is 9. The van der Waals surface area contributed by atoms with Crippen molar-refractivity contribution >= 4 is 17.2 Å². The maximum atomic E-state index is 11.0. The first-order valence-corrected chi connectivity index (χ1v) is 7.77. The second-order valence-corrected chi connectivity index (χ2v) is 6.05. The zero-order chi connectivity index (χ0) is 14.1. The van der Waals surface area contributed by atoms with Crippen LogP contribution < -0.4 is 11.3 Å². The lowest BCUT2D eigenvalue weighted by molar-refractivity contribution is -0.121. The van der Waals surface area contributed by atoms with E-state index >= 15 is 0 Å². The highest BCUT2D eigenvalue weighted by Gasteiger charge is 2.10. The summed E-state index contributed by atoms with van der Waals surface area (Å²) in [6, 6.07) is 4.84. The van der Waals surface area contributed by atoms with Gasteiger partial charge in [0.2, 0.25) is 5.91 Å². The quantitative estimate of drug-likeness (QED) is 0.317. The molecule has 0 aliphatic carbocycles. The Labute approximate surface area is 120 Å². The molecular weight excluding hydrogens is 258 g/mol. The molecule has 0 atom stereocenters. The van der Waals surface area contributed by atoms with Gasteiger partial charge in [0, 0.05) is 23.9 Å². The molecule has 0 aromatic carbocycles. The van der Waals surface area contributed by atoms with E-state index in [0.717, 1.165) is 32.4 Å². The maximum absolute atomic E-state index is 11.0. The highest BCUT2D eigenvalue weighted by Crippen LogP contribution is 2.15. The molecule has 19 heavy (non-hydrogen) atoms. The van der Waals surface area contributed by atoms with Crippen molar-refractivity contribution in [1.82, 2.24) is 10.3 Å². The van der Waals surface area contributed by atoms with Crippen molar-refractivity contribution in [3.8, 4) is 0 Å². The Morgan fingerprint density at radius 2 is 2.21 bits per heavy atom. The maximum Gasteiger partial charge on any atom is 0.233 e. The van der Waals surface area contributed by atoms with Crippen molar-refractivity contribution in [2.75, 3.05) is 6.54 Å². The predicted octanol–water partition coefficient (Wildman–Crippen LogP) is 2.51. The van der Waals surface area contributed by atoms with E-state index in [9.17, 15) is 4.79 Å². The van der Waals surface area contributed by atoms with E-state index < -0.39 is 0 Å². The molecule has 5 heteroatoms. The lowest BCUT2D eigenvalue weighted by Gasteiger charge is -2.25. The summed E-state index contributed by atoms with van der Waals surface area (Å²) in [7, 11) is 0. The van der Waals surface area contributed by atoms with Crippen molar-refractivity contribution in [2.45, 2.75) is 52.1 Å². The van der Waals surface area contributed by atoms with E-state index in [1.54, 1.807) is 0 Å². The van der Waals surface area contributed by atoms with Gasteiger partial charge in [-0.15, -0.1) is 11.3 Å². The highest BCUT2D eigenvalue weighted by atomic mass is 32.1. The zero-order valence-electron chi connectivity index (χ0n) is 11.9. The van der Waals surface area contributed by atoms with Gasteiger partial charge in [-0.1, -0.05) is 12.5 Å². The van der Waals surface area contributed by atoms with Gasteiger partial charge in [0.15, 0.2) is 0 Å². The third-order valence-electron chi connectivity index (χ3n) is 3.18. The van der Waals surface area contributed by atoms with Crippen molar-refractivity contribution in [2.24, 2.45) is 5.84 Å². The van der Waals surface area contributed by atoms with E-state index in [1.807, 2.05) is 11.3 Å². The molecule has 4 nitrogen and oxygen atoms in total. The molecule has 0 aliphatic heterocycles. The summed E-state index contributed by atoms with van der Waals surface area (Å²) in [6.45, 7) is 6.57. The minimum atomic E-state index is -0.0701. The zero-order valence-corrected chi connectivity index (χ0v) is 12.7. The summed E-state index contributed by atoms with van der Waals surface area (Å²) >= 11 is 1.81. The lowest BCUT2D eigenvalue weighted by Crippen LogP contribution is -2.31. The fraction of sp³-hybridized carbons (Fsp3) is 0.643. The fourth-order valence-electron chi connectivity index (χ4n) is 1.97. The number of carbonyl (C=O) groups is 1. The van der Waals surface area contributed by atoms with Crippen LogP contribution in [0, 0.1) is 0 Å². The molecule has 1 rings (SSSR count). The molecule has 0 aliphatic rings. The van der Waals surface area contributed by atoms with Gasteiger partial charge in [0.25, 0.3) is 0 Å². The summed E-state index contributed by atoms with van der Waals surface area (Å²) < 4.78 is 0. The Balaban J connectivity index is 2.21. The Bertz CT molecular complexity index is 352. The molecule has 1 amide bonds. The third kappa shape index (κ3) is 6.71. The smallest absolute Gasteiger partial charge is 0.233 e. The average Bonchev–Trinajstić information content (AvgIpc) is 2.89. The van der Waals surface area contributed by atoms with E-state index in [-0.39, 0.29) is 5.91 Å². The molecule has 108 valence electrons. The first kappa shape index (κ1) is 16.1. The van der Waals surface area contributed by atoms with Crippen LogP contribution in [0.2, 0.25) is 0 Å². The number of hydrazine groups is 1. The number of nitrogens with zero attached hydrogens (tertiary/aromatic N) is 1. The Morgan fingerprint density at radius 3 is 2.79 bits per heavy atom. The van der Waals surface area contributed by atoms with Gasteiger partial charge in [-0.3, -0.25) is 15.1 Å².